The molecule has 1 aromatic carbocycles. The van der Waals surface area contributed by atoms with Crippen molar-refractivity contribution < 1.29 is 17.9 Å². The lowest BCUT2D eigenvalue weighted by molar-refractivity contribution is 0.297. The summed E-state index contributed by atoms with van der Waals surface area (Å²) in [5, 5.41) is 6.30. The maximum absolute atomic E-state index is 11.0. The van der Waals surface area contributed by atoms with Gasteiger partial charge in [0.2, 0.25) is 10.0 Å². The minimum atomic E-state index is -3.14. The standard InChI is InChI=1S/C15H24N4O4S/c1-16-15(17-7-3-8-18-24(2,20)21)19-12-5-6-13-14(11-12)23-10-4-9-22-13/h5-6,11,18H,3-4,7-10H2,1-2H3,(H2,16,17,19). The lowest BCUT2D eigenvalue weighted by atomic mass is 10.3. The molecule has 0 spiro atoms. The maximum atomic E-state index is 11.0. The Morgan fingerprint density at radius 2 is 1.96 bits per heavy atom. The summed E-state index contributed by atoms with van der Waals surface area (Å²) in [5.74, 6) is 2.06. The van der Waals surface area contributed by atoms with Gasteiger partial charge in [0.05, 0.1) is 19.5 Å². The van der Waals surface area contributed by atoms with Crippen molar-refractivity contribution in [2.24, 2.45) is 4.99 Å². The smallest absolute Gasteiger partial charge is 0.208 e. The fourth-order valence-electron chi connectivity index (χ4n) is 2.11. The zero-order chi connectivity index (χ0) is 17.4. The molecule has 9 heteroatoms. The Morgan fingerprint density at radius 3 is 2.67 bits per heavy atom. The van der Waals surface area contributed by atoms with Crippen LogP contribution in [0.5, 0.6) is 11.5 Å². The fourth-order valence-corrected chi connectivity index (χ4v) is 2.62. The zero-order valence-electron chi connectivity index (χ0n) is 14.0. The van der Waals surface area contributed by atoms with Crippen molar-refractivity contribution in [1.29, 1.82) is 0 Å². The van der Waals surface area contributed by atoms with Crippen molar-refractivity contribution in [1.82, 2.24) is 10.0 Å². The number of rotatable bonds is 6. The first-order valence-electron chi connectivity index (χ1n) is 7.80. The molecule has 0 fully saturated rings. The first-order chi connectivity index (χ1) is 11.5. The van der Waals surface area contributed by atoms with Crippen LogP contribution in [0.2, 0.25) is 0 Å². The summed E-state index contributed by atoms with van der Waals surface area (Å²) in [6.07, 6.45) is 2.65. The van der Waals surface area contributed by atoms with Crippen LogP contribution in [0.4, 0.5) is 5.69 Å². The Kier molecular flexibility index (Phi) is 6.68. The van der Waals surface area contributed by atoms with Gasteiger partial charge < -0.3 is 20.1 Å². The van der Waals surface area contributed by atoms with Crippen LogP contribution < -0.4 is 24.8 Å². The van der Waals surface area contributed by atoms with Gasteiger partial charge in [-0.2, -0.15) is 0 Å². The quantitative estimate of drug-likeness (QED) is 0.395. The first kappa shape index (κ1) is 18.3. The Bertz CT molecular complexity index is 676. The van der Waals surface area contributed by atoms with Gasteiger partial charge in [-0.05, 0) is 18.6 Å². The van der Waals surface area contributed by atoms with Gasteiger partial charge in [-0.15, -0.1) is 0 Å². The molecule has 0 bridgehead atoms. The molecule has 0 amide bonds. The van der Waals surface area contributed by atoms with E-state index < -0.39 is 10.0 Å². The summed E-state index contributed by atoms with van der Waals surface area (Å²) in [5.41, 5.74) is 0.835. The van der Waals surface area contributed by atoms with Gasteiger partial charge in [0.25, 0.3) is 0 Å². The molecule has 1 aliphatic rings. The number of benzene rings is 1. The summed E-state index contributed by atoms with van der Waals surface area (Å²) in [7, 11) is -1.47. The Labute approximate surface area is 142 Å². The number of anilines is 1. The number of nitrogens with zero attached hydrogens (tertiary/aromatic N) is 1. The van der Waals surface area contributed by atoms with E-state index in [-0.39, 0.29) is 0 Å². The zero-order valence-corrected chi connectivity index (χ0v) is 14.8. The molecule has 0 aliphatic carbocycles. The molecule has 134 valence electrons. The third kappa shape index (κ3) is 6.25. The number of ether oxygens (including phenoxy) is 2. The number of guanidine groups is 1. The van der Waals surface area contributed by atoms with E-state index in [9.17, 15) is 8.42 Å². The van der Waals surface area contributed by atoms with Gasteiger partial charge in [0, 0.05) is 38.3 Å². The van der Waals surface area contributed by atoms with Crippen molar-refractivity contribution >= 4 is 21.7 Å². The van der Waals surface area contributed by atoms with Crippen molar-refractivity contribution in [2.45, 2.75) is 12.8 Å². The van der Waals surface area contributed by atoms with Crippen molar-refractivity contribution in [3.05, 3.63) is 18.2 Å². The average molecular weight is 356 g/mol. The Hall–Kier alpha value is -2.00. The molecule has 24 heavy (non-hydrogen) atoms. The second-order valence-corrected chi connectivity index (χ2v) is 7.19. The molecular weight excluding hydrogens is 332 g/mol. The second-order valence-electron chi connectivity index (χ2n) is 5.36. The van der Waals surface area contributed by atoms with E-state index in [1.807, 2.05) is 18.2 Å². The first-order valence-corrected chi connectivity index (χ1v) is 9.69. The van der Waals surface area contributed by atoms with Gasteiger partial charge in [-0.1, -0.05) is 0 Å². The highest BCUT2D eigenvalue weighted by Gasteiger charge is 2.11. The van der Waals surface area contributed by atoms with Crippen molar-refractivity contribution in [3.63, 3.8) is 0 Å². The number of hydrogen-bond acceptors (Lipinski definition) is 5. The third-order valence-corrected chi connectivity index (χ3v) is 3.97. The van der Waals surface area contributed by atoms with Crippen LogP contribution in [-0.2, 0) is 10.0 Å². The topological polar surface area (TPSA) is 101 Å². The maximum Gasteiger partial charge on any atom is 0.208 e. The Balaban J connectivity index is 1.83. The highest BCUT2D eigenvalue weighted by molar-refractivity contribution is 7.88. The number of fused-ring (bicyclic) bond motifs is 1. The molecule has 0 radical (unpaired) electrons. The van der Waals surface area contributed by atoms with Crippen LogP contribution in [0.3, 0.4) is 0 Å². The van der Waals surface area contributed by atoms with E-state index in [2.05, 4.69) is 20.3 Å². The normalized spacial score (nSPS) is 14.8. The van der Waals surface area contributed by atoms with E-state index in [1.54, 1.807) is 7.05 Å². The highest BCUT2D eigenvalue weighted by atomic mass is 32.2. The second kappa shape index (κ2) is 8.74. The Morgan fingerprint density at radius 1 is 1.21 bits per heavy atom. The van der Waals surface area contributed by atoms with Gasteiger partial charge in [0.1, 0.15) is 0 Å². The summed E-state index contributed by atoms with van der Waals surface area (Å²) in [4.78, 5) is 4.14. The summed E-state index contributed by atoms with van der Waals surface area (Å²) in [6, 6.07) is 5.64. The molecule has 0 unspecified atom stereocenters. The van der Waals surface area contributed by atoms with Crippen LogP contribution in [-0.4, -0.2) is 54.0 Å². The molecule has 8 nitrogen and oxygen atoms in total. The fraction of sp³-hybridized carbons (Fsp3) is 0.533. The van der Waals surface area contributed by atoms with Crippen molar-refractivity contribution in [2.75, 3.05) is 44.9 Å². The van der Waals surface area contributed by atoms with Gasteiger partial charge in [-0.25, -0.2) is 13.1 Å². The van der Waals surface area contributed by atoms with Crippen LogP contribution in [0.1, 0.15) is 12.8 Å². The predicted octanol–water partition coefficient (Wildman–Crippen LogP) is 0.775. The monoisotopic (exact) mass is 356 g/mol. The van der Waals surface area contributed by atoms with Crippen LogP contribution in [0.15, 0.2) is 23.2 Å². The molecule has 2 rings (SSSR count). The molecule has 1 aromatic rings. The number of nitrogens with one attached hydrogen (secondary N) is 3. The average Bonchev–Trinajstić information content (AvgIpc) is 2.77. The summed E-state index contributed by atoms with van der Waals surface area (Å²) < 4.78 is 35.7. The number of aliphatic imine (C=N–C) groups is 1. The molecule has 0 saturated heterocycles. The van der Waals surface area contributed by atoms with Crippen molar-refractivity contribution in [3.8, 4) is 11.5 Å². The SMILES string of the molecule is CN=C(NCCCNS(C)(=O)=O)Nc1ccc2c(c1)OCCCO2. The summed E-state index contributed by atoms with van der Waals surface area (Å²) >= 11 is 0. The lowest BCUT2D eigenvalue weighted by Gasteiger charge is -2.14. The number of sulfonamides is 1. The molecule has 1 heterocycles. The lowest BCUT2D eigenvalue weighted by Crippen LogP contribution is -2.33. The van der Waals surface area contributed by atoms with Crippen LogP contribution >= 0.6 is 0 Å². The van der Waals surface area contributed by atoms with Gasteiger partial charge in [0.15, 0.2) is 17.5 Å². The van der Waals surface area contributed by atoms with E-state index in [0.717, 1.165) is 24.1 Å². The molecule has 0 atom stereocenters. The highest BCUT2D eigenvalue weighted by Crippen LogP contribution is 2.32. The molecule has 0 aromatic heterocycles. The number of hydrogen-bond donors (Lipinski definition) is 3. The molecule has 0 saturated carbocycles. The largest absolute Gasteiger partial charge is 0.490 e. The van der Waals surface area contributed by atoms with Gasteiger partial charge in [-0.3, -0.25) is 4.99 Å². The third-order valence-electron chi connectivity index (χ3n) is 3.24. The predicted molar refractivity (Wildman–Crippen MR) is 94.5 cm³/mol. The minimum absolute atomic E-state index is 0.382. The minimum Gasteiger partial charge on any atom is -0.490 e. The summed E-state index contributed by atoms with van der Waals surface area (Å²) in [6.45, 7) is 2.26. The molecular formula is C15H24N4O4S. The molecule has 3 N–H and O–H groups in total. The van der Waals surface area contributed by atoms with E-state index >= 15 is 0 Å². The van der Waals surface area contributed by atoms with E-state index in [4.69, 9.17) is 9.47 Å². The van der Waals surface area contributed by atoms with Crippen LogP contribution in [0, 0.1) is 0 Å². The van der Waals surface area contributed by atoms with E-state index in [1.165, 1.54) is 0 Å². The van der Waals surface area contributed by atoms with Gasteiger partial charge >= 0.3 is 0 Å². The molecule has 1 aliphatic heterocycles. The van der Waals surface area contributed by atoms with Crippen LogP contribution in [0.25, 0.3) is 0 Å². The van der Waals surface area contributed by atoms with E-state index in [0.29, 0.717) is 44.4 Å².